The van der Waals surface area contributed by atoms with Gasteiger partial charge in [-0.25, -0.2) is 0 Å². The molecule has 1 saturated carbocycles. The minimum Gasteiger partial charge on any atom is -0.311 e. The molecular formula is C14H30N2. The van der Waals surface area contributed by atoms with Crippen molar-refractivity contribution in [3.8, 4) is 0 Å². The highest BCUT2D eigenvalue weighted by atomic mass is 15.2. The van der Waals surface area contributed by atoms with Crippen molar-refractivity contribution < 1.29 is 0 Å². The number of nitrogens with one attached hydrogen (secondary N) is 1. The molecule has 1 N–H and O–H groups in total. The molecule has 0 aromatic rings. The van der Waals surface area contributed by atoms with Crippen LogP contribution in [0.25, 0.3) is 0 Å². The highest BCUT2D eigenvalue weighted by Gasteiger charge is 2.28. The summed E-state index contributed by atoms with van der Waals surface area (Å²) in [7, 11) is 0. The van der Waals surface area contributed by atoms with E-state index in [-0.39, 0.29) is 0 Å². The summed E-state index contributed by atoms with van der Waals surface area (Å²) in [6, 6.07) is 0.915. The maximum atomic E-state index is 3.66. The Labute approximate surface area is 102 Å². The van der Waals surface area contributed by atoms with E-state index in [1.54, 1.807) is 0 Å². The molecule has 1 aliphatic carbocycles. The van der Waals surface area contributed by atoms with Gasteiger partial charge in [0.1, 0.15) is 0 Å². The van der Waals surface area contributed by atoms with Gasteiger partial charge in [0.05, 0.1) is 0 Å². The van der Waals surface area contributed by atoms with Gasteiger partial charge in [0.2, 0.25) is 0 Å². The van der Waals surface area contributed by atoms with Crippen molar-refractivity contribution in [1.82, 2.24) is 10.2 Å². The van der Waals surface area contributed by atoms with E-state index >= 15 is 0 Å². The minimum absolute atomic E-state index is 0.306. The molecule has 16 heavy (non-hydrogen) atoms. The highest BCUT2D eigenvalue weighted by molar-refractivity contribution is 4.85. The second-order valence-electron chi connectivity index (χ2n) is 5.78. The molecule has 0 saturated heterocycles. The third-order valence-corrected chi connectivity index (χ3v) is 3.75. The van der Waals surface area contributed by atoms with Crippen LogP contribution in [0, 0.1) is 0 Å². The second-order valence-corrected chi connectivity index (χ2v) is 5.78. The Kier molecular flexibility index (Phi) is 5.77. The molecule has 0 aromatic heterocycles. The van der Waals surface area contributed by atoms with Gasteiger partial charge in [-0.15, -0.1) is 0 Å². The zero-order chi connectivity index (χ0) is 12.0. The van der Waals surface area contributed by atoms with E-state index in [1.165, 1.54) is 45.2 Å². The summed E-state index contributed by atoms with van der Waals surface area (Å²) in [5, 5.41) is 3.66. The fourth-order valence-electron chi connectivity index (χ4n) is 1.94. The van der Waals surface area contributed by atoms with Gasteiger partial charge < -0.3 is 5.32 Å². The Morgan fingerprint density at radius 1 is 1.19 bits per heavy atom. The Balaban J connectivity index is 2.17. The van der Waals surface area contributed by atoms with Crippen LogP contribution >= 0.6 is 0 Å². The van der Waals surface area contributed by atoms with E-state index in [9.17, 15) is 0 Å². The Hall–Kier alpha value is -0.0800. The molecule has 96 valence electrons. The number of unbranched alkanes of at least 4 members (excludes halogenated alkanes) is 1. The summed E-state index contributed by atoms with van der Waals surface area (Å²) in [4.78, 5) is 2.68. The number of hydrogen-bond acceptors (Lipinski definition) is 2. The van der Waals surface area contributed by atoms with Crippen molar-refractivity contribution in [3.63, 3.8) is 0 Å². The lowest BCUT2D eigenvalue weighted by atomic mass is 10.0. The van der Waals surface area contributed by atoms with Crippen LogP contribution in [0.4, 0.5) is 0 Å². The molecule has 0 atom stereocenters. The molecule has 1 fully saturated rings. The summed E-state index contributed by atoms with van der Waals surface area (Å²) < 4.78 is 0. The average Bonchev–Trinajstić information content (AvgIpc) is 3.07. The molecule has 0 unspecified atom stereocenters. The largest absolute Gasteiger partial charge is 0.311 e. The summed E-state index contributed by atoms with van der Waals surface area (Å²) in [6.45, 7) is 12.8. The third-order valence-electron chi connectivity index (χ3n) is 3.75. The second kappa shape index (κ2) is 6.61. The molecule has 0 amide bonds. The SMILES string of the molecule is CCCCN(CCNC(C)(C)CC)C1CC1. The fraction of sp³-hybridized carbons (Fsp3) is 1.00. The molecule has 0 heterocycles. The Bertz CT molecular complexity index is 185. The lowest BCUT2D eigenvalue weighted by Crippen LogP contribution is -2.43. The van der Waals surface area contributed by atoms with E-state index in [4.69, 9.17) is 0 Å². The zero-order valence-electron chi connectivity index (χ0n) is 11.7. The Morgan fingerprint density at radius 2 is 1.88 bits per heavy atom. The number of nitrogens with zero attached hydrogens (tertiary/aromatic N) is 1. The van der Waals surface area contributed by atoms with Crippen LogP contribution in [0.3, 0.4) is 0 Å². The van der Waals surface area contributed by atoms with Crippen LogP contribution < -0.4 is 5.32 Å². The first-order valence-corrected chi connectivity index (χ1v) is 7.08. The van der Waals surface area contributed by atoms with Crippen LogP contribution in [0.5, 0.6) is 0 Å². The maximum absolute atomic E-state index is 3.66. The van der Waals surface area contributed by atoms with Gasteiger partial charge in [0.15, 0.2) is 0 Å². The van der Waals surface area contributed by atoms with Crippen LogP contribution in [-0.2, 0) is 0 Å². The lowest BCUT2D eigenvalue weighted by Gasteiger charge is -2.28. The molecule has 1 aliphatic rings. The van der Waals surface area contributed by atoms with Crippen LogP contribution in [0.2, 0.25) is 0 Å². The monoisotopic (exact) mass is 226 g/mol. The van der Waals surface area contributed by atoms with Crippen LogP contribution in [0.15, 0.2) is 0 Å². The van der Waals surface area contributed by atoms with Crippen molar-refractivity contribution in [2.75, 3.05) is 19.6 Å². The van der Waals surface area contributed by atoms with Crippen molar-refractivity contribution in [2.24, 2.45) is 0 Å². The first-order valence-electron chi connectivity index (χ1n) is 7.08. The summed E-state index contributed by atoms with van der Waals surface area (Å²) in [5.41, 5.74) is 0.306. The summed E-state index contributed by atoms with van der Waals surface area (Å²) in [6.07, 6.45) is 6.73. The van der Waals surface area contributed by atoms with Gasteiger partial charge in [-0.1, -0.05) is 20.3 Å². The van der Waals surface area contributed by atoms with Gasteiger partial charge >= 0.3 is 0 Å². The molecule has 2 heteroatoms. The standard InChI is InChI=1S/C14H30N2/c1-5-7-11-16(13-8-9-13)12-10-15-14(3,4)6-2/h13,15H,5-12H2,1-4H3. The third kappa shape index (κ3) is 5.31. The molecule has 0 aliphatic heterocycles. The van der Waals surface area contributed by atoms with Gasteiger partial charge in [-0.05, 0) is 46.1 Å². The molecule has 0 spiro atoms. The number of rotatable bonds is 9. The van der Waals surface area contributed by atoms with Crippen LogP contribution in [0.1, 0.15) is 59.8 Å². The predicted molar refractivity (Wildman–Crippen MR) is 71.9 cm³/mol. The van der Waals surface area contributed by atoms with E-state index in [0.29, 0.717) is 5.54 Å². The number of hydrogen-bond donors (Lipinski definition) is 1. The molecular weight excluding hydrogens is 196 g/mol. The van der Waals surface area contributed by atoms with Gasteiger partial charge in [-0.2, -0.15) is 0 Å². The summed E-state index contributed by atoms with van der Waals surface area (Å²) >= 11 is 0. The summed E-state index contributed by atoms with van der Waals surface area (Å²) in [5.74, 6) is 0. The quantitative estimate of drug-likeness (QED) is 0.650. The molecule has 1 rings (SSSR count). The smallest absolute Gasteiger partial charge is 0.0123 e. The van der Waals surface area contributed by atoms with Gasteiger partial charge in [0.25, 0.3) is 0 Å². The highest BCUT2D eigenvalue weighted by Crippen LogP contribution is 2.26. The van der Waals surface area contributed by atoms with Crippen LogP contribution in [-0.4, -0.2) is 36.1 Å². The molecule has 2 nitrogen and oxygen atoms in total. The topological polar surface area (TPSA) is 15.3 Å². The predicted octanol–water partition coefficient (Wildman–Crippen LogP) is 3.03. The first kappa shape index (κ1) is 14.0. The normalized spacial score (nSPS) is 17.1. The molecule has 0 radical (unpaired) electrons. The Morgan fingerprint density at radius 3 is 2.38 bits per heavy atom. The first-order chi connectivity index (χ1) is 7.59. The van der Waals surface area contributed by atoms with Gasteiger partial charge in [-0.3, -0.25) is 4.90 Å². The molecule has 0 aromatic carbocycles. The minimum atomic E-state index is 0.306. The van der Waals surface area contributed by atoms with Crippen molar-refractivity contribution in [2.45, 2.75) is 71.4 Å². The van der Waals surface area contributed by atoms with Crippen molar-refractivity contribution in [1.29, 1.82) is 0 Å². The van der Waals surface area contributed by atoms with Crippen molar-refractivity contribution in [3.05, 3.63) is 0 Å². The van der Waals surface area contributed by atoms with E-state index in [0.717, 1.165) is 12.6 Å². The zero-order valence-corrected chi connectivity index (χ0v) is 11.7. The van der Waals surface area contributed by atoms with Crippen molar-refractivity contribution >= 4 is 0 Å². The fourth-order valence-corrected chi connectivity index (χ4v) is 1.94. The molecule has 0 bridgehead atoms. The lowest BCUT2D eigenvalue weighted by molar-refractivity contribution is 0.244. The maximum Gasteiger partial charge on any atom is 0.0123 e. The van der Waals surface area contributed by atoms with E-state index in [1.807, 2.05) is 0 Å². The van der Waals surface area contributed by atoms with E-state index < -0.39 is 0 Å². The average molecular weight is 226 g/mol. The van der Waals surface area contributed by atoms with E-state index in [2.05, 4.69) is 37.9 Å². The van der Waals surface area contributed by atoms with Gasteiger partial charge in [0, 0.05) is 24.7 Å².